The van der Waals surface area contributed by atoms with E-state index in [1.807, 2.05) is 18.2 Å². The second-order valence-electron chi connectivity index (χ2n) is 13.9. The summed E-state index contributed by atoms with van der Waals surface area (Å²) >= 11 is 0. The number of piperidine rings is 1. The number of hydrogen-bond acceptors (Lipinski definition) is 5. The van der Waals surface area contributed by atoms with Crippen molar-refractivity contribution in [2.45, 2.75) is 91.0 Å². The standard InChI is InChI=1S/C37H52N2O3/c1-36(2,3)33-23-30(24-34(35(33)40)37(4,5)6)25-38-19-17-31(18-20-38)39(21-22-41-7)26-28-13-15-32(16-14-28)42-27-29-11-9-8-10-12-29/h8-16,23-24,31,40H,17-22,25-27H2,1-7H3. The van der Waals surface area contributed by atoms with Gasteiger partial charge in [0.2, 0.25) is 0 Å². The van der Waals surface area contributed by atoms with Crippen molar-refractivity contribution in [3.05, 3.63) is 94.5 Å². The van der Waals surface area contributed by atoms with Gasteiger partial charge >= 0.3 is 0 Å². The third-order valence-electron chi connectivity index (χ3n) is 8.41. The van der Waals surface area contributed by atoms with E-state index < -0.39 is 0 Å². The monoisotopic (exact) mass is 572 g/mol. The van der Waals surface area contributed by atoms with Gasteiger partial charge in [-0.25, -0.2) is 0 Å². The van der Waals surface area contributed by atoms with Gasteiger partial charge in [-0.1, -0.05) is 96.1 Å². The van der Waals surface area contributed by atoms with E-state index in [1.165, 1.54) is 16.7 Å². The number of nitrogens with zero attached hydrogens (tertiary/aromatic N) is 2. The molecule has 3 aromatic rings. The third kappa shape index (κ3) is 8.82. The molecule has 42 heavy (non-hydrogen) atoms. The molecule has 3 aromatic carbocycles. The van der Waals surface area contributed by atoms with Gasteiger partial charge in [0.25, 0.3) is 0 Å². The van der Waals surface area contributed by atoms with Crippen LogP contribution in [0.15, 0.2) is 66.7 Å². The van der Waals surface area contributed by atoms with Crippen LogP contribution in [0.25, 0.3) is 0 Å². The van der Waals surface area contributed by atoms with Crippen LogP contribution in [0.5, 0.6) is 11.5 Å². The van der Waals surface area contributed by atoms with E-state index in [-0.39, 0.29) is 10.8 Å². The normalized spacial score (nSPS) is 15.3. The number of benzene rings is 3. The van der Waals surface area contributed by atoms with E-state index in [0.29, 0.717) is 18.4 Å². The number of phenolic OH excluding ortho intramolecular Hbond substituents is 1. The minimum atomic E-state index is -0.110. The van der Waals surface area contributed by atoms with Crippen LogP contribution < -0.4 is 4.74 Å². The van der Waals surface area contributed by atoms with Gasteiger partial charge in [0.05, 0.1) is 6.61 Å². The Morgan fingerprint density at radius 1 is 0.810 bits per heavy atom. The quantitative estimate of drug-likeness (QED) is 0.255. The SMILES string of the molecule is COCCN(Cc1ccc(OCc2ccccc2)cc1)C1CCN(Cc2cc(C(C)(C)C)c(O)c(C(C)(C)C)c2)CC1. The Morgan fingerprint density at radius 3 is 1.95 bits per heavy atom. The van der Waals surface area contributed by atoms with E-state index in [1.54, 1.807) is 7.11 Å². The Morgan fingerprint density at radius 2 is 1.40 bits per heavy atom. The fraction of sp³-hybridized carbons (Fsp3) is 0.514. The smallest absolute Gasteiger partial charge is 0.123 e. The highest BCUT2D eigenvalue weighted by molar-refractivity contribution is 5.50. The van der Waals surface area contributed by atoms with Crippen molar-refractivity contribution < 1.29 is 14.6 Å². The Bertz CT molecular complexity index is 1220. The molecule has 0 unspecified atom stereocenters. The van der Waals surface area contributed by atoms with Gasteiger partial charge in [-0.3, -0.25) is 9.80 Å². The molecule has 5 nitrogen and oxygen atoms in total. The molecule has 1 aliphatic heterocycles. The van der Waals surface area contributed by atoms with Gasteiger partial charge in [-0.2, -0.15) is 0 Å². The molecule has 0 bridgehead atoms. The number of rotatable bonds is 11. The van der Waals surface area contributed by atoms with Crippen molar-refractivity contribution in [1.82, 2.24) is 9.80 Å². The molecule has 1 heterocycles. The maximum absolute atomic E-state index is 11.1. The minimum absolute atomic E-state index is 0.110. The number of ether oxygens (including phenoxy) is 2. The first-order chi connectivity index (χ1) is 19.9. The topological polar surface area (TPSA) is 45.2 Å². The van der Waals surface area contributed by atoms with Crippen molar-refractivity contribution in [3.8, 4) is 11.5 Å². The highest BCUT2D eigenvalue weighted by Gasteiger charge is 2.28. The zero-order valence-electron chi connectivity index (χ0n) is 27.0. The molecule has 1 fully saturated rings. The molecule has 0 saturated carbocycles. The zero-order chi connectivity index (χ0) is 30.3. The summed E-state index contributed by atoms with van der Waals surface area (Å²) in [6.45, 7) is 19.3. The molecule has 0 amide bonds. The van der Waals surface area contributed by atoms with Crippen LogP contribution in [-0.2, 0) is 35.3 Å². The Balaban J connectivity index is 1.37. The molecule has 1 aliphatic rings. The lowest BCUT2D eigenvalue weighted by atomic mass is 9.78. The first kappa shape index (κ1) is 32.1. The number of aromatic hydroxyl groups is 1. The first-order valence-corrected chi connectivity index (χ1v) is 15.5. The van der Waals surface area contributed by atoms with Crippen LogP contribution in [0.3, 0.4) is 0 Å². The Hall–Kier alpha value is -2.86. The molecule has 5 heteroatoms. The summed E-state index contributed by atoms with van der Waals surface area (Å²) in [6.07, 6.45) is 2.27. The summed E-state index contributed by atoms with van der Waals surface area (Å²) in [4.78, 5) is 5.17. The molecule has 0 radical (unpaired) electrons. The molecule has 228 valence electrons. The Kier molecular flexibility index (Phi) is 10.7. The lowest BCUT2D eigenvalue weighted by Gasteiger charge is -2.39. The van der Waals surface area contributed by atoms with Gasteiger partial charge in [0.1, 0.15) is 18.1 Å². The highest BCUT2D eigenvalue weighted by atomic mass is 16.5. The maximum Gasteiger partial charge on any atom is 0.123 e. The minimum Gasteiger partial charge on any atom is -0.507 e. The first-order valence-electron chi connectivity index (χ1n) is 15.5. The van der Waals surface area contributed by atoms with Crippen molar-refractivity contribution in [1.29, 1.82) is 0 Å². The molecule has 0 aliphatic carbocycles. The number of hydrogen-bond donors (Lipinski definition) is 1. The lowest BCUT2D eigenvalue weighted by molar-refractivity contribution is 0.0716. The molecular weight excluding hydrogens is 520 g/mol. The second-order valence-corrected chi connectivity index (χ2v) is 13.9. The van der Waals surface area contributed by atoms with Crippen LogP contribution in [-0.4, -0.2) is 54.3 Å². The van der Waals surface area contributed by atoms with Crippen LogP contribution in [0, 0.1) is 0 Å². The third-order valence-corrected chi connectivity index (χ3v) is 8.41. The molecule has 1 saturated heterocycles. The number of phenols is 1. The van der Waals surface area contributed by atoms with Gasteiger partial charge < -0.3 is 14.6 Å². The predicted molar refractivity (Wildman–Crippen MR) is 173 cm³/mol. The van der Waals surface area contributed by atoms with E-state index in [2.05, 4.69) is 99.9 Å². The van der Waals surface area contributed by atoms with Gasteiger partial charge in [0.15, 0.2) is 0 Å². The van der Waals surface area contributed by atoms with Gasteiger partial charge in [-0.15, -0.1) is 0 Å². The Labute approximate surface area is 254 Å². The summed E-state index contributed by atoms with van der Waals surface area (Å²) in [7, 11) is 1.79. The molecular formula is C37H52N2O3. The van der Waals surface area contributed by atoms with Crippen molar-refractivity contribution in [2.24, 2.45) is 0 Å². The molecule has 0 spiro atoms. The molecule has 4 rings (SSSR count). The molecule has 0 atom stereocenters. The highest BCUT2D eigenvalue weighted by Crippen LogP contribution is 2.40. The van der Waals surface area contributed by atoms with Crippen LogP contribution in [0.4, 0.5) is 0 Å². The molecule has 1 N–H and O–H groups in total. The van der Waals surface area contributed by atoms with E-state index in [0.717, 1.165) is 69.0 Å². The summed E-state index contributed by atoms with van der Waals surface area (Å²) in [6, 6.07) is 23.8. The van der Waals surface area contributed by atoms with Crippen LogP contribution >= 0.6 is 0 Å². The fourth-order valence-corrected chi connectivity index (χ4v) is 5.90. The molecule has 0 aromatic heterocycles. The van der Waals surface area contributed by atoms with E-state index in [4.69, 9.17) is 9.47 Å². The summed E-state index contributed by atoms with van der Waals surface area (Å²) in [5, 5.41) is 11.1. The summed E-state index contributed by atoms with van der Waals surface area (Å²) < 4.78 is 11.5. The largest absolute Gasteiger partial charge is 0.507 e. The van der Waals surface area contributed by atoms with Gasteiger partial charge in [0, 0.05) is 32.8 Å². The second kappa shape index (κ2) is 14.1. The lowest BCUT2D eigenvalue weighted by Crippen LogP contribution is -2.45. The van der Waals surface area contributed by atoms with Crippen molar-refractivity contribution in [2.75, 3.05) is 33.4 Å². The fourth-order valence-electron chi connectivity index (χ4n) is 5.90. The van der Waals surface area contributed by atoms with Crippen molar-refractivity contribution in [3.63, 3.8) is 0 Å². The van der Waals surface area contributed by atoms with E-state index >= 15 is 0 Å². The van der Waals surface area contributed by atoms with Crippen LogP contribution in [0.2, 0.25) is 0 Å². The van der Waals surface area contributed by atoms with E-state index in [9.17, 15) is 5.11 Å². The summed E-state index contributed by atoms with van der Waals surface area (Å²) in [5.41, 5.74) is 5.64. The maximum atomic E-state index is 11.1. The zero-order valence-corrected chi connectivity index (χ0v) is 27.0. The average molecular weight is 573 g/mol. The van der Waals surface area contributed by atoms with Crippen molar-refractivity contribution >= 4 is 0 Å². The summed E-state index contributed by atoms with van der Waals surface area (Å²) in [5.74, 6) is 1.36. The van der Waals surface area contributed by atoms with Crippen LogP contribution in [0.1, 0.15) is 82.2 Å². The van der Waals surface area contributed by atoms with Gasteiger partial charge in [-0.05, 0) is 76.7 Å². The number of likely N-dealkylation sites (tertiary alicyclic amines) is 1. The predicted octanol–water partition coefficient (Wildman–Crippen LogP) is 7.68. The average Bonchev–Trinajstić information content (AvgIpc) is 2.95. The number of methoxy groups -OCH3 is 1.